The fraction of sp³-hybridized carbons (Fsp3) is 0.429. The average molecular weight is 263 g/mol. The van der Waals surface area contributed by atoms with Crippen LogP contribution < -0.4 is 0 Å². The van der Waals surface area contributed by atoms with Crippen molar-refractivity contribution in [3.05, 3.63) is 34.9 Å². The van der Waals surface area contributed by atoms with E-state index in [1.54, 1.807) is 17.8 Å². The fourth-order valence-electron chi connectivity index (χ4n) is 2.05. The number of hydrogen-bond donors (Lipinski definition) is 0. The van der Waals surface area contributed by atoms with Crippen LogP contribution in [-0.2, 0) is 4.74 Å². The molecular weight excluding hydrogens is 246 g/mol. The van der Waals surface area contributed by atoms with E-state index in [1.807, 2.05) is 39.2 Å². The first kappa shape index (κ1) is 13.1. The lowest BCUT2D eigenvalue weighted by molar-refractivity contribution is 0.0736. The van der Waals surface area contributed by atoms with Gasteiger partial charge in [0.2, 0.25) is 5.90 Å². The van der Waals surface area contributed by atoms with Crippen molar-refractivity contribution in [3.63, 3.8) is 0 Å². The molecule has 96 valence electrons. The molecule has 2 rings (SSSR count). The second-order valence-corrected chi connectivity index (χ2v) is 5.92. The predicted molar refractivity (Wildman–Crippen MR) is 75.6 cm³/mol. The van der Waals surface area contributed by atoms with Crippen LogP contribution in [0.2, 0.25) is 0 Å². The summed E-state index contributed by atoms with van der Waals surface area (Å²) in [6.07, 6.45) is 2.04. The number of cyclic esters (lactones) is 1. The van der Waals surface area contributed by atoms with Gasteiger partial charge in [0, 0.05) is 5.75 Å². The van der Waals surface area contributed by atoms with Gasteiger partial charge in [0.05, 0.1) is 16.7 Å². The number of carbonyl (C=O) groups excluding carboxylic acids is 1. The Morgan fingerprint density at radius 3 is 2.78 bits per heavy atom. The second-order valence-electron chi connectivity index (χ2n) is 5.05. The molecule has 0 atom stereocenters. The molecule has 1 aromatic rings. The minimum atomic E-state index is -0.299. The Bertz CT molecular complexity index is 521. The van der Waals surface area contributed by atoms with Crippen LogP contribution in [0.3, 0.4) is 0 Å². The molecule has 1 aromatic carbocycles. The van der Waals surface area contributed by atoms with Gasteiger partial charge in [0.25, 0.3) is 0 Å². The molecule has 1 heterocycles. The van der Waals surface area contributed by atoms with E-state index < -0.39 is 0 Å². The van der Waals surface area contributed by atoms with Crippen LogP contribution in [0.4, 0.5) is 0 Å². The highest BCUT2D eigenvalue weighted by atomic mass is 32.2. The number of ether oxygens (including phenoxy) is 1. The van der Waals surface area contributed by atoms with Crippen molar-refractivity contribution in [2.24, 2.45) is 4.99 Å². The topological polar surface area (TPSA) is 38.7 Å². The Morgan fingerprint density at radius 2 is 2.11 bits per heavy atom. The van der Waals surface area contributed by atoms with Crippen molar-refractivity contribution >= 4 is 23.6 Å². The first-order chi connectivity index (χ1) is 8.44. The van der Waals surface area contributed by atoms with Crippen molar-refractivity contribution in [2.75, 3.05) is 12.0 Å². The summed E-state index contributed by atoms with van der Waals surface area (Å²) in [7, 11) is 0. The van der Waals surface area contributed by atoms with E-state index in [0.29, 0.717) is 11.5 Å². The average Bonchev–Trinajstić information content (AvgIpc) is 2.56. The Balaban J connectivity index is 2.46. The summed E-state index contributed by atoms with van der Waals surface area (Å²) in [5.74, 6) is 1.05. The Morgan fingerprint density at radius 1 is 1.39 bits per heavy atom. The highest BCUT2D eigenvalue weighted by molar-refractivity contribution is 7.98. The molecule has 0 saturated heterocycles. The Kier molecular flexibility index (Phi) is 3.48. The van der Waals surface area contributed by atoms with Crippen LogP contribution in [0.5, 0.6) is 0 Å². The van der Waals surface area contributed by atoms with Gasteiger partial charge in [-0.25, -0.2) is 9.79 Å². The number of aliphatic imine (C=N–C) groups is 1. The summed E-state index contributed by atoms with van der Waals surface area (Å²) in [4.78, 5) is 16.4. The fourth-order valence-corrected chi connectivity index (χ4v) is 2.83. The number of thioether (sulfide) groups is 1. The van der Waals surface area contributed by atoms with E-state index >= 15 is 0 Å². The number of fused-ring (bicyclic) bond motifs is 1. The number of nitrogens with zero attached hydrogens (tertiary/aromatic N) is 1. The van der Waals surface area contributed by atoms with Crippen LogP contribution in [0.1, 0.15) is 35.3 Å². The van der Waals surface area contributed by atoms with Gasteiger partial charge in [-0.3, -0.25) is 0 Å². The maximum atomic E-state index is 11.8. The lowest BCUT2D eigenvalue weighted by Crippen LogP contribution is -2.23. The van der Waals surface area contributed by atoms with Crippen LogP contribution in [-0.4, -0.2) is 29.4 Å². The van der Waals surface area contributed by atoms with Gasteiger partial charge < -0.3 is 4.74 Å². The summed E-state index contributed by atoms with van der Waals surface area (Å²) in [5, 5.41) is 0. The third kappa shape index (κ3) is 2.43. The molecule has 1 aliphatic heterocycles. The largest absolute Gasteiger partial charge is 0.404 e. The predicted octanol–water partition coefficient (Wildman–Crippen LogP) is 3.05. The molecule has 0 aliphatic carbocycles. The number of esters is 1. The molecule has 0 amide bonds. The van der Waals surface area contributed by atoms with Crippen molar-refractivity contribution in [1.82, 2.24) is 0 Å². The summed E-state index contributed by atoms with van der Waals surface area (Å²) in [5.41, 5.74) is 2.25. The van der Waals surface area contributed by atoms with Crippen LogP contribution in [0, 0.1) is 6.92 Å². The molecular formula is C14H17NO2S. The van der Waals surface area contributed by atoms with E-state index in [1.165, 1.54) is 0 Å². The molecule has 0 spiro atoms. The molecule has 18 heavy (non-hydrogen) atoms. The van der Waals surface area contributed by atoms with Gasteiger partial charge in [0.1, 0.15) is 0 Å². The summed E-state index contributed by atoms with van der Waals surface area (Å²) in [6, 6.07) is 5.62. The molecule has 1 aliphatic rings. The van der Waals surface area contributed by atoms with Crippen LogP contribution >= 0.6 is 11.8 Å². The quantitative estimate of drug-likeness (QED) is 0.787. The minimum Gasteiger partial charge on any atom is -0.404 e. The van der Waals surface area contributed by atoms with E-state index in [2.05, 4.69) is 4.99 Å². The maximum Gasteiger partial charge on any atom is 0.345 e. The number of aryl methyl sites for hydroxylation is 1. The molecule has 0 radical (unpaired) electrons. The molecule has 0 unspecified atom stereocenters. The Labute approximate surface area is 112 Å². The standard InChI is InChI=1S/C14H17NO2S/c1-9-6-5-7-10-11(9)12(17-13(10)16)15-14(2,3)8-18-4/h5-7H,8H2,1-4H3. The second kappa shape index (κ2) is 4.76. The number of carbonyl (C=O) groups is 1. The molecule has 0 bridgehead atoms. The summed E-state index contributed by atoms with van der Waals surface area (Å²) in [6.45, 7) is 6.05. The summed E-state index contributed by atoms with van der Waals surface area (Å²) < 4.78 is 5.30. The molecule has 0 saturated carbocycles. The maximum absolute atomic E-state index is 11.8. The molecule has 4 heteroatoms. The van der Waals surface area contributed by atoms with Gasteiger partial charge >= 0.3 is 5.97 Å². The van der Waals surface area contributed by atoms with Crippen LogP contribution in [0.25, 0.3) is 0 Å². The zero-order chi connectivity index (χ0) is 13.3. The van der Waals surface area contributed by atoms with E-state index in [9.17, 15) is 4.79 Å². The van der Waals surface area contributed by atoms with E-state index in [0.717, 1.165) is 16.9 Å². The van der Waals surface area contributed by atoms with Crippen LogP contribution in [0.15, 0.2) is 23.2 Å². The minimum absolute atomic E-state index is 0.237. The number of benzene rings is 1. The summed E-state index contributed by atoms with van der Waals surface area (Å²) >= 11 is 1.73. The van der Waals surface area contributed by atoms with E-state index in [4.69, 9.17) is 4.74 Å². The lowest BCUT2D eigenvalue weighted by atomic mass is 10.0. The monoisotopic (exact) mass is 263 g/mol. The third-order valence-corrected chi connectivity index (χ3v) is 3.79. The van der Waals surface area contributed by atoms with Gasteiger partial charge in [-0.15, -0.1) is 0 Å². The Hall–Kier alpha value is -1.29. The third-order valence-electron chi connectivity index (χ3n) is 2.80. The smallest absolute Gasteiger partial charge is 0.345 e. The van der Waals surface area contributed by atoms with Gasteiger partial charge in [-0.1, -0.05) is 12.1 Å². The first-order valence-electron chi connectivity index (χ1n) is 5.85. The molecule has 0 fully saturated rings. The number of rotatable bonds is 3. The van der Waals surface area contributed by atoms with Gasteiger partial charge in [-0.05, 0) is 38.7 Å². The van der Waals surface area contributed by atoms with Crippen molar-refractivity contribution in [2.45, 2.75) is 26.3 Å². The van der Waals surface area contributed by atoms with E-state index in [-0.39, 0.29) is 11.5 Å². The van der Waals surface area contributed by atoms with Crippen molar-refractivity contribution in [1.29, 1.82) is 0 Å². The zero-order valence-electron chi connectivity index (χ0n) is 11.1. The van der Waals surface area contributed by atoms with Gasteiger partial charge in [-0.2, -0.15) is 11.8 Å². The molecule has 0 aromatic heterocycles. The normalized spacial score (nSPS) is 16.9. The zero-order valence-corrected chi connectivity index (χ0v) is 11.9. The molecule has 3 nitrogen and oxygen atoms in total. The highest BCUT2D eigenvalue weighted by Crippen LogP contribution is 2.26. The highest BCUT2D eigenvalue weighted by Gasteiger charge is 2.31. The number of hydrogen-bond acceptors (Lipinski definition) is 4. The first-order valence-corrected chi connectivity index (χ1v) is 7.25. The van der Waals surface area contributed by atoms with Gasteiger partial charge in [0.15, 0.2) is 0 Å². The molecule has 0 N–H and O–H groups in total. The lowest BCUT2D eigenvalue weighted by Gasteiger charge is -2.18. The van der Waals surface area contributed by atoms with Crippen molar-refractivity contribution in [3.8, 4) is 0 Å². The SMILES string of the molecule is CSCC(C)(C)N=C1OC(=O)c2cccc(C)c21. The van der Waals surface area contributed by atoms with Crippen molar-refractivity contribution < 1.29 is 9.53 Å².